The van der Waals surface area contributed by atoms with Gasteiger partial charge in [-0.15, -0.1) is 0 Å². The van der Waals surface area contributed by atoms with Crippen molar-refractivity contribution in [2.45, 2.75) is 0 Å². The first kappa shape index (κ1) is 8.50. The van der Waals surface area contributed by atoms with Crippen LogP contribution in [0.1, 0.15) is 0 Å². The summed E-state index contributed by atoms with van der Waals surface area (Å²) < 4.78 is 0.740. The summed E-state index contributed by atoms with van der Waals surface area (Å²) in [7, 11) is 0. The summed E-state index contributed by atoms with van der Waals surface area (Å²) in [6.45, 7) is 1.37. The predicted molar refractivity (Wildman–Crippen MR) is 52.7 cm³/mol. The molecule has 1 saturated heterocycles. The van der Waals surface area contributed by atoms with Gasteiger partial charge in [-0.3, -0.25) is 4.90 Å². The summed E-state index contributed by atoms with van der Waals surface area (Å²) in [6, 6.07) is 5.43. The van der Waals surface area contributed by atoms with Gasteiger partial charge in [0.2, 0.25) is 0 Å². The number of aromatic nitrogens is 1. The summed E-state index contributed by atoms with van der Waals surface area (Å²) in [6.07, 6.45) is 0. The van der Waals surface area contributed by atoms with Gasteiger partial charge in [-0.25, -0.2) is 9.78 Å². The van der Waals surface area contributed by atoms with Gasteiger partial charge in [0.25, 0.3) is 0 Å². The molecule has 1 fully saturated rings. The van der Waals surface area contributed by atoms with E-state index in [0.29, 0.717) is 18.9 Å². The monoisotopic (exact) mass is 241 g/mol. The molecule has 0 bridgehead atoms. The van der Waals surface area contributed by atoms with Crippen LogP contribution in [0.4, 0.5) is 10.6 Å². The molecule has 2 rings (SSSR count). The Balaban J connectivity index is 2.29. The highest BCUT2D eigenvalue weighted by Gasteiger charge is 2.21. The van der Waals surface area contributed by atoms with E-state index >= 15 is 0 Å². The van der Waals surface area contributed by atoms with Crippen LogP contribution in [-0.2, 0) is 0 Å². The van der Waals surface area contributed by atoms with E-state index in [-0.39, 0.29) is 6.03 Å². The zero-order valence-corrected chi connectivity index (χ0v) is 8.41. The first-order valence-corrected chi connectivity index (χ1v) is 4.74. The fourth-order valence-electron chi connectivity index (χ4n) is 1.24. The third-order valence-corrected chi connectivity index (χ3v) is 2.28. The molecule has 5 heteroatoms. The van der Waals surface area contributed by atoms with Crippen LogP contribution in [0.2, 0.25) is 0 Å². The van der Waals surface area contributed by atoms with Crippen molar-refractivity contribution in [3.05, 3.63) is 22.8 Å². The quantitative estimate of drug-likeness (QED) is 0.756. The van der Waals surface area contributed by atoms with Crippen molar-refractivity contribution in [2.75, 3.05) is 18.0 Å². The first-order valence-electron chi connectivity index (χ1n) is 3.95. The number of halogens is 1. The minimum absolute atomic E-state index is 0.0781. The van der Waals surface area contributed by atoms with Crippen molar-refractivity contribution >= 4 is 27.8 Å². The van der Waals surface area contributed by atoms with Crippen molar-refractivity contribution in [1.29, 1.82) is 0 Å². The van der Waals surface area contributed by atoms with Crippen molar-refractivity contribution in [2.24, 2.45) is 0 Å². The second-order valence-electron chi connectivity index (χ2n) is 2.70. The number of nitrogens with one attached hydrogen (secondary N) is 1. The van der Waals surface area contributed by atoms with E-state index < -0.39 is 0 Å². The minimum Gasteiger partial charge on any atom is -0.336 e. The Bertz CT molecular complexity index is 342. The molecule has 0 aliphatic carbocycles. The van der Waals surface area contributed by atoms with E-state index in [2.05, 4.69) is 26.2 Å². The SMILES string of the molecule is O=C1NCCN1c1cccc(Br)n1. The standard InChI is InChI=1S/C8H8BrN3O/c9-6-2-1-3-7(11-6)12-5-4-10-8(12)13/h1-3H,4-5H2,(H,10,13). The zero-order valence-electron chi connectivity index (χ0n) is 6.83. The van der Waals surface area contributed by atoms with E-state index in [1.165, 1.54) is 0 Å². The third kappa shape index (κ3) is 1.65. The van der Waals surface area contributed by atoms with Crippen LogP contribution in [0.15, 0.2) is 22.8 Å². The molecule has 2 heterocycles. The van der Waals surface area contributed by atoms with Gasteiger partial charge in [-0.05, 0) is 28.1 Å². The maximum Gasteiger partial charge on any atom is 0.323 e. The zero-order chi connectivity index (χ0) is 9.26. The number of hydrogen-bond donors (Lipinski definition) is 1. The van der Waals surface area contributed by atoms with E-state index in [0.717, 1.165) is 4.60 Å². The van der Waals surface area contributed by atoms with Crippen LogP contribution in [0.3, 0.4) is 0 Å². The summed E-state index contributed by atoms with van der Waals surface area (Å²) >= 11 is 3.26. The van der Waals surface area contributed by atoms with Gasteiger partial charge in [0.15, 0.2) is 0 Å². The number of anilines is 1. The summed E-state index contributed by atoms with van der Waals surface area (Å²) in [4.78, 5) is 17.0. The number of carbonyl (C=O) groups is 1. The molecule has 68 valence electrons. The Kier molecular flexibility index (Phi) is 2.18. The Morgan fingerprint density at radius 3 is 3.00 bits per heavy atom. The number of nitrogens with zero attached hydrogens (tertiary/aromatic N) is 2. The molecule has 0 saturated carbocycles. The highest BCUT2D eigenvalue weighted by molar-refractivity contribution is 9.10. The highest BCUT2D eigenvalue weighted by atomic mass is 79.9. The lowest BCUT2D eigenvalue weighted by Gasteiger charge is -2.12. The molecule has 2 amide bonds. The second-order valence-corrected chi connectivity index (χ2v) is 3.51. The molecule has 0 radical (unpaired) electrons. The average Bonchev–Trinajstić information content (AvgIpc) is 2.51. The number of rotatable bonds is 1. The molecule has 0 unspecified atom stereocenters. The maximum atomic E-state index is 11.2. The fraction of sp³-hybridized carbons (Fsp3) is 0.250. The Labute approximate surface area is 84.1 Å². The summed E-state index contributed by atoms with van der Waals surface area (Å²) in [5.74, 6) is 0.685. The number of hydrogen-bond acceptors (Lipinski definition) is 2. The number of urea groups is 1. The van der Waals surface area contributed by atoms with E-state index in [1.807, 2.05) is 18.2 Å². The fourth-order valence-corrected chi connectivity index (χ4v) is 1.57. The third-order valence-electron chi connectivity index (χ3n) is 1.83. The normalized spacial score (nSPS) is 16.1. The molecule has 1 N–H and O–H groups in total. The lowest BCUT2D eigenvalue weighted by Crippen LogP contribution is -2.28. The molecule has 0 spiro atoms. The molecule has 1 aliphatic heterocycles. The van der Waals surface area contributed by atoms with Crippen LogP contribution >= 0.6 is 15.9 Å². The lowest BCUT2D eigenvalue weighted by molar-refractivity contribution is 0.252. The predicted octanol–water partition coefficient (Wildman–Crippen LogP) is 1.37. The molecule has 4 nitrogen and oxygen atoms in total. The molecule has 0 atom stereocenters. The largest absolute Gasteiger partial charge is 0.336 e. The second kappa shape index (κ2) is 3.33. The van der Waals surface area contributed by atoms with Gasteiger partial charge >= 0.3 is 6.03 Å². The smallest absolute Gasteiger partial charge is 0.323 e. The lowest BCUT2D eigenvalue weighted by atomic mass is 10.4. The molecule has 1 aromatic heterocycles. The Hall–Kier alpha value is -1.10. The van der Waals surface area contributed by atoms with Gasteiger partial charge < -0.3 is 5.32 Å². The van der Waals surface area contributed by atoms with Crippen molar-refractivity contribution in [3.63, 3.8) is 0 Å². The van der Waals surface area contributed by atoms with Crippen LogP contribution in [-0.4, -0.2) is 24.1 Å². The van der Waals surface area contributed by atoms with E-state index in [9.17, 15) is 4.79 Å². The molecule has 0 aromatic carbocycles. The van der Waals surface area contributed by atoms with Crippen LogP contribution < -0.4 is 10.2 Å². The average molecular weight is 242 g/mol. The first-order chi connectivity index (χ1) is 6.27. The van der Waals surface area contributed by atoms with Crippen molar-refractivity contribution < 1.29 is 4.79 Å². The van der Waals surface area contributed by atoms with Gasteiger partial charge in [0.05, 0.1) is 0 Å². The van der Waals surface area contributed by atoms with Crippen molar-refractivity contribution in [3.8, 4) is 0 Å². The van der Waals surface area contributed by atoms with Crippen LogP contribution in [0, 0.1) is 0 Å². The van der Waals surface area contributed by atoms with E-state index in [4.69, 9.17) is 0 Å². The number of carbonyl (C=O) groups excluding carboxylic acids is 1. The van der Waals surface area contributed by atoms with Crippen LogP contribution in [0.25, 0.3) is 0 Å². The van der Waals surface area contributed by atoms with Crippen molar-refractivity contribution in [1.82, 2.24) is 10.3 Å². The van der Waals surface area contributed by atoms with Gasteiger partial charge in [0, 0.05) is 13.1 Å². The molecular formula is C8H8BrN3O. The minimum atomic E-state index is -0.0781. The Morgan fingerprint density at radius 2 is 2.38 bits per heavy atom. The Morgan fingerprint density at radius 1 is 1.54 bits per heavy atom. The van der Waals surface area contributed by atoms with E-state index in [1.54, 1.807) is 4.90 Å². The summed E-state index contributed by atoms with van der Waals surface area (Å²) in [5.41, 5.74) is 0. The van der Waals surface area contributed by atoms with Gasteiger partial charge in [-0.1, -0.05) is 6.07 Å². The molecule has 13 heavy (non-hydrogen) atoms. The molecule has 1 aliphatic rings. The summed E-state index contributed by atoms with van der Waals surface area (Å²) in [5, 5.41) is 2.72. The highest BCUT2D eigenvalue weighted by Crippen LogP contribution is 2.16. The number of pyridine rings is 1. The van der Waals surface area contributed by atoms with Gasteiger partial charge in [0.1, 0.15) is 10.4 Å². The molecule has 1 aromatic rings. The molecular weight excluding hydrogens is 234 g/mol. The van der Waals surface area contributed by atoms with Crippen LogP contribution in [0.5, 0.6) is 0 Å². The topological polar surface area (TPSA) is 45.2 Å². The van der Waals surface area contributed by atoms with Gasteiger partial charge in [-0.2, -0.15) is 0 Å². The maximum absolute atomic E-state index is 11.2. The number of amides is 2.